The minimum atomic E-state index is -0.162. The molecule has 3 aromatic rings. The van der Waals surface area contributed by atoms with E-state index in [1.165, 1.54) is 0 Å². The summed E-state index contributed by atoms with van der Waals surface area (Å²) in [6.07, 6.45) is 0.847. The molecule has 0 aliphatic carbocycles. The third-order valence-corrected chi connectivity index (χ3v) is 5.47. The number of hydrogen-bond donors (Lipinski definition) is 1. The van der Waals surface area contributed by atoms with Gasteiger partial charge in [-0.1, -0.05) is 36.7 Å². The van der Waals surface area contributed by atoms with Gasteiger partial charge >= 0.3 is 0 Å². The molecule has 0 atom stereocenters. The summed E-state index contributed by atoms with van der Waals surface area (Å²) in [5.41, 5.74) is 5.30. The van der Waals surface area contributed by atoms with Crippen molar-refractivity contribution in [1.82, 2.24) is 0 Å². The van der Waals surface area contributed by atoms with Crippen LogP contribution in [-0.2, 0) is 13.0 Å². The number of ether oxygens (including phenoxy) is 2. The Balaban J connectivity index is 1.81. The SMILES string of the molecule is CCc1cccc(C)c1NC(=O)c1ccc(OC)c(COc2ccc(Cl)c(C)c2)c1. The number of nitrogens with one attached hydrogen (secondary N) is 1. The molecular formula is C25H26ClNO3. The van der Waals surface area contributed by atoms with Crippen LogP contribution in [0.5, 0.6) is 11.5 Å². The number of benzene rings is 3. The summed E-state index contributed by atoms with van der Waals surface area (Å²) in [5, 5.41) is 3.76. The van der Waals surface area contributed by atoms with Crippen LogP contribution in [0.25, 0.3) is 0 Å². The Morgan fingerprint density at radius 1 is 1.00 bits per heavy atom. The summed E-state index contributed by atoms with van der Waals surface area (Å²) in [6.45, 7) is 6.27. The Kier molecular flexibility index (Phi) is 7.01. The lowest BCUT2D eigenvalue weighted by atomic mass is 10.0. The second-order valence-electron chi connectivity index (χ2n) is 7.14. The molecule has 1 amide bonds. The van der Waals surface area contributed by atoms with Gasteiger partial charge in [0.25, 0.3) is 5.91 Å². The number of hydrogen-bond acceptors (Lipinski definition) is 3. The van der Waals surface area contributed by atoms with Gasteiger partial charge in [-0.05, 0) is 73.4 Å². The molecule has 0 bridgehead atoms. The van der Waals surface area contributed by atoms with Gasteiger partial charge in [-0.2, -0.15) is 0 Å². The molecule has 0 spiro atoms. The summed E-state index contributed by atoms with van der Waals surface area (Å²) in [7, 11) is 1.60. The topological polar surface area (TPSA) is 47.6 Å². The number of halogens is 1. The van der Waals surface area contributed by atoms with Crippen molar-refractivity contribution in [1.29, 1.82) is 0 Å². The zero-order valence-electron chi connectivity index (χ0n) is 17.7. The van der Waals surface area contributed by atoms with E-state index >= 15 is 0 Å². The van der Waals surface area contributed by atoms with Gasteiger partial charge in [0.2, 0.25) is 0 Å². The van der Waals surface area contributed by atoms with Gasteiger partial charge in [0, 0.05) is 21.8 Å². The molecule has 3 aromatic carbocycles. The van der Waals surface area contributed by atoms with Gasteiger partial charge in [0.15, 0.2) is 0 Å². The minimum absolute atomic E-state index is 0.162. The van der Waals surface area contributed by atoms with Gasteiger partial charge in [-0.25, -0.2) is 0 Å². The third kappa shape index (κ3) is 4.95. The number of para-hydroxylation sites is 1. The fourth-order valence-electron chi connectivity index (χ4n) is 3.29. The highest BCUT2D eigenvalue weighted by molar-refractivity contribution is 6.31. The van der Waals surface area contributed by atoms with Crippen molar-refractivity contribution in [3.8, 4) is 11.5 Å². The van der Waals surface area contributed by atoms with E-state index in [2.05, 4.69) is 12.2 Å². The van der Waals surface area contributed by atoms with Crippen molar-refractivity contribution in [3.05, 3.63) is 87.4 Å². The monoisotopic (exact) mass is 423 g/mol. The first-order valence-electron chi connectivity index (χ1n) is 9.88. The number of aryl methyl sites for hydroxylation is 3. The lowest BCUT2D eigenvalue weighted by molar-refractivity contribution is 0.102. The van der Waals surface area contributed by atoms with E-state index in [4.69, 9.17) is 21.1 Å². The summed E-state index contributed by atoms with van der Waals surface area (Å²) >= 11 is 6.08. The predicted molar refractivity (Wildman–Crippen MR) is 122 cm³/mol. The normalized spacial score (nSPS) is 10.6. The van der Waals surface area contributed by atoms with Gasteiger partial charge in [-0.3, -0.25) is 4.79 Å². The van der Waals surface area contributed by atoms with E-state index < -0.39 is 0 Å². The Bertz CT molecular complexity index is 1060. The zero-order chi connectivity index (χ0) is 21.7. The Labute approximate surface area is 182 Å². The largest absolute Gasteiger partial charge is 0.496 e. The smallest absolute Gasteiger partial charge is 0.255 e. The van der Waals surface area contributed by atoms with Crippen LogP contribution >= 0.6 is 11.6 Å². The molecule has 5 heteroatoms. The van der Waals surface area contributed by atoms with Gasteiger partial charge < -0.3 is 14.8 Å². The maximum Gasteiger partial charge on any atom is 0.255 e. The van der Waals surface area contributed by atoms with Crippen LogP contribution in [0, 0.1) is 13.8 Å². The second-order valence-corrected chi connectivity index (χ2v) is 7.55. The molecule has 0 heterocycles. The summed E-state index contributed by atoms with van der Waals surface area (Å²) in [4.78, 5) is 12.9. The van der Waals surface area contributed by atoms with Crippen molar-refractivity contribution in [2.24, 2.45) is 0 Å². The summed E-state index contributed by atoms with van der Waals surface area (Å²) in [5.74, 6) is 1.22. The maximum absolute atomic E-state index is 12.9. The highest BCUT2D eigenvalue weighted by Gasteiger charge is 2.14. The Morgan fingerprint density at radius 2 is 1.80 bits per heavy atom. The average Bonchev–Trinajstić information content (AvgIpc) is 2.75. The van der Waals surface area contributed by atoms with Crippen LogP contribution in [0.1, 0.15) is 39.5 Å². The van der Waals surface area contributed by atoms with Crippen LogP contribution in [-0.4, -0.2) is 13.0 Å². The quantitative estimate of drug-likeness (QED) is 0.481. The summed E-state index contributed by atoms with van der Waals surface area (Å²) in [6, 6.07) is 16.9. The van der Waals surface area contributed by atoms with Crippen molar-refractivity contribution in [2.45, 2.75) is 33.8 Å². The number of anilines is 1. The minimum Gasteiger partial charge on any atom is -0.496 e. The molecule has 156 valence electrons. The van der Waals surface area contributed by atoms with Crippen LogP contribution in [0.2, 0.25) is 5.02 Å². The molecule has 0 aliphatic heterocycles. The lowest BCUT2D eigenvalue weighted by Gasteiger charge is -2.15. The van der Waals surface area contributed by atoms with Crippen LogP contribution < -0.4 is 14.8 Å². The highest BCUT2D eigenvalue weighted by Crippen LogP contribution is 2.26. The molecule has 0 aliphatic rings. The van der Waals surface area contributed by atoms with E-state index in [-0.39, 0.29) is 12.5 Å². The molecule has 0 aromatic heterocycles. The molecule has 0 unspecified atom stereocenters. The maximum atomic E-state index is 12.9. The lowest BCUT2D eigenvalue weighted by Crippen LogP contribution is -2.15. The van der Waals surface area contributed by atoms with Crippen LogP contribution in [0.4, 0.5) is 5.69 Å². The number of amides is 1. The molecule has 0 radical (unpaired) electrons. The Morgan fingerprint density at radius 3 is 2.50 bits per heavy atom. The van der Waals surface area contributed by atoms with Gasteiger partial charge in [0.05, 0.1) is 7.11 Å². The fourth-order valence-corrected chi connectivity index (χ4v) is 3.41. The van der Waals surface area contributed by atoms with E-state index in [9.17, 15) is 4.79 Å². The number of rotatable bonds is 7. The summed E-state index contributed by atoms with van der Waals surface area (Å²) < 4.78 is 11.4. The first-order valence-corrected chi connectivity index (χ1v) is 10.3. The highest BCUT2D eigenvalue weighted by atomic mass is 35.5. The average molecular weight is 424 g/mol. The van der Waals surface area contributed by atoms with Crippen LogP contribution in [0.15, 0.2) is 54.6 Å². The van der Waals surface area contributed by atoms with E-state index in [0.717, 1.165) is 34.4 Å². The van der Waals surface area contributed by atoms with E-state index in [1.54, 1.807) is 31.4 Å². The van der Waals surface area contributed by atoms with Crippen molar-refractivity contribution in [2.75, 3.05) is 12.4 Å². The predicted octanol–water partition coefficient (Wildman–Crippen LogP) is 6.36. The third-order valence-electron chi connectivity index (χ3n) is 5.04. The molecule has 0 saturated heterocycles. The van der Waals surface area contributed by atoms with E-state index in [0.29, 0.717) is 22.1 Å². The fraction of sp³-hybridized carbons (Fsp3) is 0.240. The first kappa shape index (κ1) is 21.7. The molecule has 0 saturated carbocycles. The molecule has 30 heavy (non-hydrogen) atoms. The zero-order valence-corrected chi connectivity index (χ0v) is 18.5. The van der Waals surface area contributed by atoms with E-state index in [1.807, 2.05) is 44.2 Å². The molecule has 3 rings (SSSR count). The second kappa shape index (κ2) is 9.68. The molecular weight excluding hydrogens is 398 g/mol. The van der Waals surface area contributed by atoms with Gasteiger partial charge in [-0.15, -0.1) is 0 Å². The Hall–Kier alpha value is -2.98. The number of carbonyl (C=O) groups is 1. The molecule has 1 N–H and O–H groups in total. The van der Waals surface area contributed by atoms with Crippen molar-refractivity contribution >= 4 is 23.2 Å². The molecule has 4 nitrogen and oxygen atoms in total. The first-order chi connectivity index (χ1) is 14.4. The molecule has 0 fully saturated rings. The van der Waals surface area contributed by atoms with Crippen molar-refractivity contribution < 1.29 is 14.3 Å². The number of methoxy groups -OCH3 is 1. The van der Waals surface area contributed by atoms with Crippen LogP contribution in [0.3, 0.4) is 0 Å². The van der Waals surface area contributed by atoms with Crippen molar-refractivity contribution in [3.63, 3.8) is 0 Å². The van der Waals surface area contributed by atoms with Gasteiger partial charge in [0.1, 0.15) is 18.1 Å². The standard InChI is InChI=1S/C25H26ClNO3/c1-5-18-8-6-7-16(2)24(18)27-25(28)19-9-12-23(29-4)20(14-19)15-30-21-10-11-22(26)17(3)13-21/h6-14H,5,15H2,1-4H3,(H,27,28). The number of carbonyl (C=O) groups excluding carboxylic acids is 1.